The molecule has 0 heterocycles. The van der Waals surface area contributed by atoms with E-state index in [0.717, 1.165) is 31.2 Å². The van der Waals surface area contributed by atoms with Gasteiger partial charge in [0.15, 0.2) is 0 Å². The van der Waals surface area contributed by atoms with Gasteiger partial charge in [-0.2, -0.15) is 0 Å². The van der Waals surface area contributed by atoms with Crippen LogP contribution in [0.15, 0.2) is 24.3 Å². The van der Waals surface area contributed by atoms with Crippen molar-refractivity contribution in [2.45, 2.75) is 31.7 Å². The maximum absolute atomic E-state index is 13.6. The molecule has 3 N–H and O–H groups in total. The number of hydrogen-bond acceptors (Lipinski definition) is 3. The summed E-state index contributed by atoms with van der Waals surface area (Å²) in [5.41, 5.74) is 5.94. The highest BCUT2D eigenvalue weighted by molar-refractivity contribution is 6.34. The van der Waals surface area contributed by atoms with E-state index in [1.807, 2.05) is 20.2 Å². The van der Waals surface area contributed by atoms with Gasteiger partial charge in [0, 0.05) is 12.6 Å². The predicted octanol–water partition coefficient (Wildman–Crippen LogP) is 1.84. The minimum absolute atomic E-state index is 0.182. The molecule has 2 rings (SSSR count). The summed E-state index contributed by atoms with van der Waals surface area (Å²) in [5, 5.41) is 2.58. The van der Waals surface area contributed by atoms with Crippen LogP contribution in [0.3, 0.4) is 0 Å². The highest BCUT2D eigenvalue weighted by atomic mass is 19.1. The van der Waals surface area contributed by atoms with Crippen LogP contribution in [-0.2, 0) is 9.59 Å². The summed E-state index contributed by atoms with van der Waals surface area (Å²) in [4.78, 5) is 24.1. The molecule has 2 amide bonds. The van der Waals surface area contributed by atoms with Crippen LogP contribution in [0.1, 0.15) is 37.3 Å². The molecule has 0 saturated heterocycles. The SMILES string of the molecule is CN(C)C(c1cccc(F)c1)C1CCC(CNC(=O)C(N)=O)CC1. The average molecular weight is 335 g/mol. The van der Waals surface area contributed by atoms with Crippen LogP contribution in [0, 0.1) is 17.7 Å². The number of amides is 2. The number of nitrogens with zero attached hydrogens (tertiary/aromatic N) is 1. The van der Waals surface area contributed by atoms with Crippen molar-refractivity contribution in [3.63, 3.8) is 0 Å². The van der Waals surface area contributed by atoms with Crippen molar-refractivity contribution < 1.29 is 14.0 Å². The van der Waals surface area contributed by atoms with Gasteiger partial charge in [0.1, 0.15) is 5.82 Å². The van der Waals surface area contributed by atoms with Crippen LogP contribution in [0.4, 0.5) is 4.39 Å². The lowest BCUT2D eigenvalue weighted by atomic mass is 9.76. The maximum atomic E-state index is 13.6. The van der Waals surface area contributed by atoms with Crippen LogP contribution in [0.2, 0.25) is 0 Å². The van der Waals surface area contributed by atoms with E-state index in [-0.39, 0.29) is 11.9 Å². The van der Waals surface area contributed by atoms with E-state index in [9.17, 15) is 14.0 Å². The first-order valence-corrected chi connectivity index (χ1v) is 8.38. The Morgan fingerprint density at radius 3 is 2.50 bits per heavy atom. The highest BCUT2D eigenvalue weighted by Gasteiger charge is 2.30. The number of nitrogens with two attached hydrogens (primary N) is 1. The van der Waals surface area contributed by atoms with Gasteiger partial charge in [-0.15, -0.1) is 0 Å². The molecule has 5 nitrogen and oxygen atoms in total. The van der Waals surface area contributed by atoms with E-state index in [1.54, 1.807) is 12.1 Å². The predicted molar refractivity (Wildman–Crippen MR) is 90.5 cm³/mol. The number of hydrogen-bond donors (Lipinski definition) is 2. The highest BCUT2D eigenvalue weighted by Crippen LogP contribution is 2.39. The fourth-order valence-corrected chi connectivity index (χ4v) is 3.71. The smallest absolute Gasteiger partial charge is 0.309 e. The van der Waals surface area contributed by atoms with Crippen molar-refractivity contribution in [2.24, 2.45) is 17.6 Å². The zero-order valence-electron chi connectivity index (χ0n) is 14.3. The van der Waals surface area contributed by atoms with Crippen LogP contribution < -0.4 is 11.1 Å². The average Bonchev–Trinajstić information content (AvgIpc) is 2.53. The molecule has 6 heteroatoms. The first-order valence-electron chi connectivity index (χ1n) is 8.38. The van der Waals surface area contributed by atoms with E-state index in [1.165, 1.54) is 6.07 Å². The zero-order chi connectivity index (χ0) is 17.7. The largest absolute Gasteiger partial charge is 0.361 e. The number of carbonyl (C=O) groups is 2. The van der Waals surface area contributed by atoms with Crippen LogP contribution in [-0.4, -0.2) is 37.4 Å². The van der Waals surface area contributed by atoms with E-state index in [2.05, 4.69) is 10.2 Å². The van der Waals surface area contributed by atoms with Gasteiger partial charge in [-0.3, -0.25) is 9.59 Å². The molecule has 1 atom stereocenters. The molecule has 24 heavy (non-hydrogen) atoms. The number of benzene rings is 1. The summed E-state index contributed by atoms with van der Waals surface area (Å²) in [7, 11) is 4.05. The Bertz CT molecular complexity index is 583. The molecule has 1 unspecified atom stereocenters. The Hall–Kier alpha value is -1.95. The van der Waals surface area contributed by atoms with Crippen LogP contribution >= 0.6 is 0 Å². The van der Waals surface area contributed by atoms with E-state index in [4.69, 9.17) is 5.73 Å². The van der Waals surface area contributed by atoms with Crippen molar-refractivity contribution in [2.75, 3.05) is 20.6 Å². The molecule has 1 aromatic carbocycles. The molecule has 132 valence electrons. The molecule has 1 aliphatic carbocycles. The second kappa shape index (κ2) is 8.24. The van der Waals surface area contributed by atoms with Crippen molar-refractivity contribution in [3.05, 3.63) is 35.6 Å². The number of nitrogens with one attached hydrogen (secondary N) is 1. The van der Waals surface area contributed by atoms with Gasteiger partial charge in [0.05, 0.1) is 0 Å². The van der Waals surface area contributed by atoms with Gasteiger partial charge in [-0.25, -0.2) is 4.39 Å². The second-order valence-corrected chi connectivity index (χ2v) is 6.82. The Morgan fingerprint density at radius 2 is 1.96 bits per heavy atom. The lowest BCUT2D eigenvalue weighted by molar-refractivity contribution is -0.137. The normalized spacial score (nSPS) is 22.2. The summed E-state index contributed by atoms with van der Waals surface area (Å²) in [5.74, 6) is -1.06. The Balaban J connectivity index is 1.94. The van der Waals surface area contributed by atoms with Crippen molar-refractivity contribution >= 4 is 11.8 Å². The zero-order valence-corrected chi connectivity index (χ0v) is 14.3. The van der Waals surface area contributed by atoms with E-state index in [0.29, 0.717) is 18.4 Å². The molecule has 1 fully saturated rings. The third kappa shape index (κ3) is 4.77. The molecule has 0 spiro atoms. The summed E-state index contributed by atoms with van der Waals surface area (Å²) in [6.07, 6.45) is 3.97. The van der Waals surface area contributed by atoms with Gasteiger partial charge < -0.3 is 16.0 Å². The molecular formula is C18H26FN3O2. The minimum Gasteiger partial charge on any atom is -0.361 e. The monoisotopic (exact) mass is 335 g/mol. The number of carbonyl (C=O) groups excluding carboxylic acids is 2. The minimum atomic E-state index is -0.942. The van der Waals surface area contributed by atoms with Crippen LogP contribution in [0.25, 0.3) is 0 Å². The van der Waals surface area contributed by atoms with Gasteiger partial charge in [0.2, 0.25) is 0 Å². The maximum Gasteiger partial charge on any atom is 0.309 e. The lowest BCUT2D eigenvalue weighted by Crippen LogP contribution is -2.39. The third-order valence-electron chi connectivity index (χ3n) is 4.86. The molecule has 1 aliphatic rings. The summed E-state index contributed by atoms with van der Waals surface area (Å²) in [6, 6.07) is 7.00. The van der Waals surface area contributed by atoms with E-state index < -0.39 is 11.8 Å². The summed E-state index contributed by atoms with van der Waals surface area (Å²) < 4.78 is 13.6. The van der Waals surface area contributed by atoms with Crippen molar-refractivity contribution in [3.8, 4) is 0 Å². The first-order chi connectivity index (χ1) is 11.4. The van der Waals surface area contributed by atoms with E-state index >= 15 is 0 Å². The lowest BCUT2D eigenvalue weighted by Gasteiger charge is -2.37. The molecule has 0 aromatic heterocycles. The molecule has 1 saturated carbocycles. The third-order valence-corrected chi connectivity index (χ3v) is 4.86. The molecule has 0 bridgehead atoms. The Morgan fingerprint density at radius 1 is 1.29 bits per heavy atom. The molecular weight excluding hydrogens is 309 g/mol. The Kier molecular flexibility index (Phi) is 6.31. The second-order valence-electron chi connectivity index (χ2n) is 6.82. The summed E-state index contributed by atoms with van der Waals surface area (Å²) >= 11 is 0. The molecule has 0 radical (unpaired) electrons. The van der Waals surface area contributed by atoms with Gasteiger partial charge in [-0.05, 0) is 69.3 Å². The number of halogens is 1. The fraction of sp³-hybridized carbons (Fsp3) is 0.556. The first kappa shape index (κ1) is 18.4. The number of rotatable bonds is 5. The van der Waals surface area contributed by atoms with Gasteiger partial charge in [-0.1, -0.05) is 12.1 Å². The molecule has 1 aromatic rings. The quantitative estimate of drug-likeness (QED) is 0.806. The van der Waals surface area contributed by atoms with Gasteiger partial charge >= 0.3 is 11.8 Å². The van der Waals surface area contributed by atoms with Crippen molar-refractivity contribution in [1.82, 2.24) is 10.2 Å². The summed E-state index contributed by atoms with van der Waals surface area (Å²) in [6.45, 7) is 0.487. The fourth-order valence-electron chi connectivity index (χ4n) is 3.71. The van der Waals surface area contributed by atoms with Gasteiger partial charge in [0.25, 0.3) is 0 Å². The number of primary amides is 1. The Labute approximate surface area is 142 Å². The standard InChI is InChI=1S/C18H26FN3O2/c1-22(2)16(14-4-3-5-15(19)10-14)13-8-6-12(7-9-13)11-21-18(24)17(20)23/h3-5,10,12-13,16H,6-9,11H2,1-2H3,(H2,20,23)(H,21,24). The van der Waals surface area contributed by atoms with Crippen molar-refractivity contribution in [1.29, 1.82) is 0 Å². The topological polar surface area (TPSA) is 75.4 Å². The van der Waals surface area contributed by atoms with Crippen LogP contribution in [0.5, 0.6) is 0 Å². The molecule has 0 aliphatic heterocycles.